The number of nitrogens with zero attached hydrogens (tertiary/aromatic N) is 1. The molecule has 4 heteroatoms. The third-order valence-electron chi connectivity index (χ3n) is 3.72. The summed E-state index contributed by atoms with van der Waals surface area (Å²) in [6, 6.07) is 1.99. The second kappa shape index (κ2) is 3.28. The molecule has 84 valence electrons. The second-order valence-electron chi connectivity index (χ2n) is 4.60. The number of aliphatic hydroxyl groups excluding tert-OH is 1. The van der Waals surface area contributed by atoms with Gasteiger partial charge in [0, 0.05) is 11.1 Å². The number of fused-ring (bicyclic) bond motifs is 2. The van der Waals surface area contributed by atoms with Gasteiger partial charge in [0.25, 0.3) is 5.69 Å². The van der Waals surface area contributed by atoms with E-state index < -0.39 is 6.10 Å². The summed E-state index contributed by atoms with van der Waals surface area (Å²) in [4.78, 5) is 10.9. The molecule has 1 N–H and O–H groups in total. The van der Waals surface area contributed by atoms with E-state index in [1.165, 1.54) is 0 Å². The highest BCUT2D eigenvalue weighted by Gasteiger charge is 2.33. The minimum Gasteiger partial charge on any atom is -0.388 e. The van der Waals surface area contributed by atoms with Crippen LogP contribution in [-0.4, -0.2) is 10.0 Å². The summed E-state index contributed by atoms with van der Waals surface area (Å²) in [6.07, 6.45) is 3.49. The Morgan fingerprint density at radius 3 is 2.88 bits per heavy atom. The monoisotopic (exact) mass is 219 g/mol. The number of hydrogen-bond acceptors (Lipinski definition) is 3. The Balaban J connectivity index is 2.29. The van der Waals surface area contributed by atoms with Crippen LogP contribution >= 0.6 is 0 Å². The molecule has 0 amide bonds. The van der Waals surface area contributed by atoms with Gasteiger partial charge in [-0.15, -0.1) is 0 Å². The lowest BCUT2D eigenvalue weighted by Crippen LogP contribution is -2.01. The molecule has 0 spiro atoms. The van der Waals surface area contributed by atoms with Gasteiger partial charge in [0.15, 0.2) is 0 Å². The molecule has 0 heterocycles. The Morgan fingerprint density at radius 2 is 2.12 bits per heavy atom. The summed E-state index contributed by atoms with van der Waals surface area (Å²) in [7, 11) is 0. The molecule has 0 saturated heterocycles. The van der Waals surface area contributed by atoms with E-state index in [1.54, 1.807) is 0 Å². The first-order valence-electron chi connectivity index (χ1n) is 5.68. The Morgan fingerprint density at radius 1 is 1.31 bits per heavy atom. The number of nitro groups is 1. The van der Waals surface area contributed by atoms with Crippen LogP contribution in [0.2, 0.25) is 0 Å². The molecule has 2 aliphatic carbocycles. The highest BCUT2D eigenvalue weighted by molar-refractivity contribution is 5.59. The van der Waals surface area contributed by atoms with E-state index in [0.29, 0.717) is 18.5 Å². The Bertz CT molecular complexity index is 482. The molecule has 0 aliphatic heterocycles. The van der Waals surface area contributed by atoms with E-state index in [4.69, 9.17) is 0 Å². The molecule has 0 fully saturated rings. The minimum absolute atomic E-state index is 0.263. The van der Waals surface area contributed by atoms with Gasteiger partial charge in [0.05, 0.1) is 11.0 Å². The average Bonchev–Trinajstić information content (AvgIpc) is 2.82. The Labute approximate surface area is 93.1 Å². The SMILES string of the molecule is O=[N+]([O-])c1c2c(cc3c1CCC3O)CCC2. The van der Waals surface area contributed by atoms with Crippen molar-refractivity contribution in [3.8, 4) is 0 Å². The zero-order valence-corrected chi connectivity index (χ0v) is 8.90. The normalized spacial score (nSPS) is 21.9. The zero-order chi connectivity index (χ0) is 11.3. The van der Waals surface area contributed by atoms with Gasteiger partial charge < -0.3 is 5.11 Å². The maximum Gasteiger partial charge on any atom is 0.276 e. The van der Waals surface area contributed by atoms with Crippen molar-refractivity contribution in [3.05, 3.63) is 38.4 Å². The molecule has 0 radical (unpaired) electrons. The summed E-state index contributed by atoms with van der Waals surface area (Å²) in [6.45, 7) is 0. The topological polar surface area (TPSA) is 63.4 Å². The van der Waals surface area contributed by atoms with Crippen molar-refractivity contribution in [1.82, 2.24) is 0 Å². The fourth-order valence-corrected chi connectivity index (χ4v) is 3.01. The number of hydrogen-bond donors (Lipinski definition) is 1. The molecule has 0 aromatic heterocycles. The van der Waals surface area contributed by atoms with Crippen LogP contribution in [0, 0.1) is 10.1 Å². The smallest absolute Gasteiger partial charge is 0.276 e. The van der Waals surface area contributed by atoms with E-state index in [2.05, 4.69) is 0 Å². The first-order chi connectivity index (χ1) is 7.68. The van der Waals surface area contributed by atoms with Crippen LogP contribution < -0.4 is 0 Å². The fraction of sp³-hybridized carbons (Fsp3) is 0.500. The van der Waals surface area contributed by atoms with Crippen LogP contribution in [0.1, 0.15) is 41.2 Å². The van der Waals surface area contributed by atoms with Gasteiger partial charge in [-0.25, -0.2) is 0 Å². The first-order valence-corrected chi connectivity index (χ1v) is 5.68. The molecular formula is C12H13NO3. The predicted molar refractivity (Wildman–Crippen MR) is 58.4 cm³/mol. The maximum atomic E-state index is 11.2. The lowest BCUT2D eigenvalue weighted by atomic mass is 9.98. The van der Waals surface area contributed by atoms with Gasteiger partial charge in [-0.2, -0.15) is 0 Å². The van der Waals surface area contributed by atoms with Crippen molar-refractivity contribution in [2.24, 2.45) is 0 Å². The van der Waals surface area contributed by atoms with E-state index >= 15 is 0 Å². The van der Waals surface area contributed by atoms with Crippen LogP contribution in [-0.2, 0) is 19.3 Å². The van der Waals surface area contributed by atoms with Crippen LogP contribution in [0.15, 0.2) is 6.07 Å². The third kappa shape index (κ3) is 1.19. The van der Waals surface area contributed by atoms with Crippen molar-refractivity contribution in [2.75, 3.05) is 0 Å². The summed E-state index contributed by atoms with van der Waals surface area (Å²) in [5, 5.41) is 20.9. The van der Waals surface area contributed by atoms with E-state index in [9.17, 15) is 15.2 Å². The van der Waals surface area contributed by atoms with Crippen LogP contribution in [0.4, 0.5) is 5.69 Å². The Kier molecular flexibility index (Phi) is 2.01. The second-order valence-corrected chi connectivity index (χ2v) is 4.60. The van der Waals surface area contributed by atoms with E-state index in [-0.39, 0.29) is 4.92 Å². The molecule has 3 rings (SSSR count). The first kappa shape index (κ1) is 9.78. The number of nitro benzene ring substituents is 1. The fourth-order valence-electron chi connectivity index (χ4n) is 3.01. The van der Waals surface area contributed by atoms with Crippen molar-refractivity contribution >= 4 is 5.69 Å². The van der Waals surface area contributed by atoms with Crippen molar-refractivity contribution in [1.29, 1.82) is 0 Å². The molecule has 1 aromatic carbocycles. The predicted octanol–water partition coefficient (Wildman–Crippen LogP) is 2.06. The molecule has 1 aromatic rings. The molecule has 0 bridgehead atoms. The number of benzene rings is 1. The number of aryl methyl sites for hydroxylation is 1. The van der Waals surface area contributed by atoms with Gasteiger partial charge in [-0.1, -0.05) is 6.07 Å². The lowest BCUT2D eigenvalue weighted by Gasteiger charge is -2.09. The van der Waals surface area contributed by atoms with E-state index in [1.807, 2.05) is 6.07 Å². The summed E-state index contributed by atoms with van der Waals surface area (Å²) < 4.78 is 0. The largest absolute Gasteiger partial charge is 0.388 e. The molecular weight excluding hydrogens is 206 g/mol. The standard InChI is InChI=1S/C12H13NO3/c14-11-5-4-9-10(11)6-7-2-1-3-8(7)12(9)13(15)16/h6,11,14H,1-5H2. The van der Waals surface area contributed by atoms with Crippen LogP contribution in [0.3, 0.4) is 0 Å². The van der Waals surface area contributed by atoms with Crippen molar-refractivity contribution in [2.45, 2.75) is 38.2 Å². The Hall–Kier alpha value is -1.42. The molecule has 2 aliphatic rings. The minimum atomic E-state index is -0.500. The lowest BCUT2D eigenvalue weighted by molar-refractivity contribution is -0.386. The third-order valence-corrected chi connectivity index (χ3v) is 3.72. The quantitative estimate of drug-likeness (QED) is 0.580. The molecule has 1 unspecified atom stereocenters. The van der Waals surface area contributed by atoms with Crippen molar-refractivity contribution in [3.63, 3.8) is 0 Å². The average molecular weight is 219 g/mol. The van der Waals surface area contributed by atoms with Gasteiger partial charge in [-0.3, -0.25) is 10.1 Å². The zero-order valence-electron chi connectivity index (χ0n) is 8.90. The summed E-state index contributed by atoms with van der Waals surface area (Å²) in [5.41, 5.74) is 3.86. The van der Waals surface area contributed by atoms with Gasteiger partial charge in [0.1, 0.15) is 0 Å². The maximum absolute atomic E-state index is 11.2. The number of rotatable bonds is 1. The van der Waals surface area contributed by atoms with Crippen molar-refractivity contribution < 1.29 is 10.0 Å². The van der Waals surface area contributed by atoms with Gasteiger partial charge in [0.2, 0.25) is 0 Å². The summed E-state index contributed by atoms with van der Waals surface area (Å²) >= 11 is 0. The van der Waals surface area contributed by atoms with Gasteiger partial charge >= 0.3 is 0 Å². The van der Waals surface area contributed by atoms with Crippen LogP contribution in [0.5, 0.6) is 0 Å². The molecule has 0 saturated carbocycles. The van der Waals surface area contributed by atoms with E-state index in [0.717, 1.165) is 41.5 Å². The highest BCUT2D eigenvalue weighted by atomic mass is 16.6. The summed E-state index contributed by atoms with van der Waals surface area (Å²) in [5.74, 6) is 0. The molecule has 1 atom stereocenters. The number of aliphatic hydroxyl groups is 1. The highest BCUT2D eigenvalue weighted by Crippen LogP contribution is 2.43. The molecule has 16 heavy (non-hydrogen) atoms. The van der Waals surface area contributed by atoms with Gasteiger partial charge in [-0.05, 0) is 43.2 Å². The molecule has 4 nitrogen and oxygen atoms in total. The van der Waals surface area contributed by atoms with Crippen LogP contribution in [0.25, 0.3) is 0 Å².